The Morgan fingerprint density at radius 2 is 1.89 bits per heavy atom. The second-order valence-electron chi connectivity index (χ2n) is 9.89. The quantitative estimate of drug-likeness (QED) is 0.486. The van der Waals surface area contributed by atoms with E-state index in [9.17, 15) is 18.3 Å². The fourth-order valence-corrected chi connectivity index (χ4v) is 5.90. The lowest BCUT2D eigenvalue weighted by Crippen LogP contribution is -2.50. The van der Waals surface area contributed by atoms with Gasteiger partial charge in [-0.25, -0.2) is 4.98 Å². The van der Waals surface area contributed by atoms with Crippen LogP contribution in [0.1, 0.15) is 37.9 Å². The number of fused-ring (bicyclic) bond motifs is 2. The van der Waals surface area contributed by atoms with Gasteiger partial charge in [0.25, 0.3) is 0 Å². The van der Waals surface area contributed by atoms with Crippen molar-refractivity contribution in [3.8, 4) is 5.88 Å². The topological polar surface area (TPSA) is 61.4 Å². The van der Waals surface area contributed by atoms with Gasteiger partial charge in [-0.1, -0.05) is 29.3 Å². The van der Waals surface area contributed by atoms with E-state index in [0.717, 1.165) is 51.5 Å². The first-order valence-electron chi connectivity index (χ1n) is 12.0. The summed E-state index contributed by atoms with van der Waals surface area (Å²) < 4.78 is 49.2. The van der Waals surface area contributed by atoms with Crippen LogP contribution in [0.5, 0.6) is 5.88 Å². The van der Waals surface area contributed by atoms with E-state index in [1.165, 1.54) is 6.07 Å². The van der Waals surface area contributed by atoms with Gasteiger partial charge in [-0.3, -0.25) is 0 Å². The smallest absolute Gasteiger partial charge is 0.425 e. The molecule has 196 valence electrons. The Hall–Kier alpha value is -1.78. The fraction of sp³-hybridized carbons (Fsp3) is 0.560. The summed E-state index contributed by atoms with van der Waals surface area (Å²) in [5.41, 5.74) is 1.59. The first-order valence-corrected chi connectivity index (χ1v) is 12.8. The molecule has 11 heteroatoms. The molecule has 1 spiro atoms. The highest BCUT2D eigenvalue weighted by Gasteiger charge is 2.60. The molecule has 5 rings (SSSR count). The first kappa shape index (κ1) is 25.9. The van der Waals surface area contributed by atoms with E-state index in [0.29, 0.717) is 22.2 Å². The summed E-state index contributed by atoms with van der Waals surface area (Å²) in [7, 11) is 0. The average molecular weight is 546 g/mol. The number of aliphatic hydroxyl groups excluding tert-OH is 1. The van der Waals surface area contributed by atoms with Crippen LogP contribution in [-0.2, 0) is 4.74 Å². The van der Waals surface area contributed by atoms with Crippen LogP contribution in [0.2, 0.25) is 10.0 Å². The van der Waals surface area contributed by atoms with Crippen molar-refractivity contribution in [2.75, 3.05) is 31.1 Å². The largest absolute Gasteiger partial charge is 0.465 e. The number of piperidine rings is 2. The number of aliphatic hydroxyl groups is 1. The molecule has 36 heavy (non-hydrogen) atoms. The average Bonchev–Trinajstić information content (AvgIpc) is 3.63. The molecular weight excluding hydrogens is 518 g/mol. The van der Waals surface area contributed by atoms with E-state index in [1.54, 1.807) is 30.5 Å². The first-order chi connectivity index (χ1) is 17.1. The highest BCUT2D eigenvalue weighted by Crippen LogP contribution is 2.53. The van der Waals surface area contributed by atoms with Gasteiger partial charge in [0.2, 0.25) is 5.88 Å². The number of aromatic nitrogens is 1. The third kappa shape index (κ3) is 5.27. The van der Waals surface area contributed by atoms with Gasteiger partial charge >= 0.3 is 6.18 Å². The lowest BCUT2D eigenvalue weighted by Gasteiger charge is -2.45. The van der Waals surface area contributed by atoms with Crippen LogP contribution in [-0.4, -0.2) is 65.8 Å². The molecule has 1 aromatic heterocycles. The molecule has 0 bridgehead atoms. The van der Waals surface area contributed by atoms with Gasteiger partial charge in [-0.15, -0.1) is 0 Å². The van der Waals surface area contributed by atoms with Gasteiger partial charge in [0.15, 0.2) is 12.3 Å². The molecule has 3 unspecified atom stereocenters. The minimum atomic E-state index is -4.44. The zero-order valence-electron chi connectivity index (χ0n) is 19.7. The van der Waals surface area contributed by atoms with Crippen molar-refractivity contribution in [1.82, 2.24) is 9.88 Å². The predicted octanol–water partition coefficient (Wildman–Crippen LogP) is 5.47. The number of ether oxygens (including phenoxy) is 2. The number of pyridine rings is 1. The Bertz CT molecular complexity index is 1080. The van der Waals surface area contributed by atoms with E-state index >= 15 is 0 Å². The maximum absolute atomic E-state index is 12.7. The number of epoxide rings is 1. The molecule has 0 saturated carbocycles. The summed E-state index contributed by atoms with van der Waals surface area (Å²) in [4.78, 5) is 8.45. The molecule has 3 aliphatic rings. The fourth-order valence-electron chi connectivity index (χ4n) is 5.37. The van der Waals surface area contributed by atoms with Crippen molar-refractivity contribution in [1.29, 1.82) is 0 Å². The summed E-state index contributed by atoms with van der Waals surface area (Å²) in [6.07, 6.45) is -2.53. The lowest BCUT2D eigenvalue weighted by molar-refractivity contribution is -0.189. The van der Waals surface area contributed by atoms with Gasteiger partial charge in [0.1, 0.15) is 6.10 Å². The summed E-state index contributed by atoms with van der Waals surface area (Å²) in [5.74, 6) is -0.0558. The summed E-state index contributed by atoms with van der Waals surface area (Å²) in [5, 5.41) is 11.7. The number of anilines is 1. The molecule has 0 aliphatic carbocycles. The standard InChI is InChI=1S/C25H28Cl2F3N3O3/c1-15(25(28,29)30)35-21-5-3-17(13-31-21)33-11-8-24(22-23(33)36-22)6-9-32(10-7-24)14-20(34)18-4-2-16(26)12-19(18)27/h2-5,12-13,15,20,22-23,34H,6-11,14H2,1H3/t15-,20?,22?,23?/m0/s1. The second kappa shape index (κ2) is 9.83. The summed E-state index contributed by atoms with van der Waals surface area (Å²) in [6.45, 7) is 3.97. The molecule has 3 aliphatic heterocycles. The van der Waals surface area contributed by atoms with Crippen LogP contribution in [0.25, 0.3) is 0 Å². The van der Waals surface area contributed by atoms with Crippen LogP contribution < -0.4 is 9.64 Å². The number of hydrogen-bond acceptors (Lipinski definition) is 6. The second-order valence-corrected chi connectivity index (χ2v) is 10.7. The van der Waals surface area contributed by atoms with E-state index < -0.39 is 18.4 Å². The van der Waals surface area contributed by atoms with Crippen molar-refractivity contribution in [3.05, 3.63) is 52.1 Å². The molecule has 4 atom stereocenters. The molecule has 4 heterocycles. The Labute approximate surface area is 217 Å². The summed E-state index contributed by atoms with van der Waals surface area (Å²) in [6, 6.07) is 8.34. The summed E-state index contributed by atoms with van der Waals surface area (Å²) >= 11 is 12.2. The van der Waals surface area contributed by atoms with E-state index in [1.807, 2.05) is 0 Å². The third-order valence-corrected chi connectivity index (χ3v) is 8.21. The Balaban J connectivity index is 1.14. The third-order valence-electron chi connectivity index (χ3n) is 7.65. The van der Waals surface area contributed by atoms with Gasteiger partial charge in [-0.05, 0) is 57.5 Å². The number of halogens is 5. The van der Waals surface area contributed by atoms with Crippen molar-refractivity contribution >= 4 is 28.9 Å². The molecule has 2 aromatic rings. The van der Waals surface area contributed by atoms with Crippen molar-refractivity contribution in [2.45, 2.75) is 56.9 Å². The predicted molar refractivity (Wildman–Crippen MR) is 131 cm³/mol. The lowest BCUT2D eigenvalue weighted by atomic mass is 9.70. The number of alkyl halides is 3. The van der Waals surface area contributed by atoms with Crippen LogP contribution >= 0.6 is 23.2 Å². The maximum atomic E-state index is 12.7. The number of benzene rings is 1. The number of nitrogens with zero attached hydrogens (tertiary/aromatic N) is 3. The highest BCUT2D eigenvalue weighted by molar-refractivity contribution is 6.35. The number of hydrogen-bond donors (Lipinski definition) is 1. The van der Waals surface area contributed by atoms with Gasteiger partial charge in [0.05, 0.1) is 18.0 Å². The molecule has 1 aromatic carbocycles. The van der Waals surface area contributed by atoms with Gasteiger partial charge in [-0.2, -0.15) is 13.2 Å². The molecule has 6 nitrogen and oxygen atoms in total. The Kier molecular flexibility index (Phi) is 7.06. The Morgan fingerprint density at radius 3 is 2.53 bits per heavy atom. The maximum Gasteiger partial charge on any atom is 0.425 e. The zero-order valence-corrected chi connectivity index (χ0v) is 21.2. The Morgan fingerprint density at radius 1 is 1.17 bits per heavy atom. The number of β-amino-alcohol motifs (C(OH)–C–C–N with tert-alkyl or cyclic N) is 1. The highest BCUT2D eigenvalue weighted by atomic mass is 35.5. The molecule has 0 amide bonds. The van der Waals surface area contributed by atoms with Gasteiger partial charge in [0, 0.05) is 40.2 Å². The molecule has 3 fully saturated rings. The minimum absolute atomic E-state index is 0.0496. The van der Waals surface area contributed by atoms with E-state index in [2.05, 4.69) is 14.8 Å². The molecule has 1 N–H and O–H groups in total. The number of likely N-dealkylation sites (tertiary alicyclic amines) is 1. The van der Waals surface area contributed by atoms with Crippen LogP contribution in [0.4, 0.5) is 18.9 Å². The normalized spacial score (nSPS) is 25.4. The SMILES string of the molecule is C[C@H](Oc1ccc(N2CCC3(CCN(CC(O)c4ccc(Cl)cc4Cl)CC3)C3OC32)cn1)C(F)(F)F. The van der Waals surface area contributed by atoms with Crippen molar-refractivity contribution in [3.63, 3.8) is 0 Å². The molecular formula is C25H28Cl2F3N3O3. The number of rotatable bonds is 6. The molecule has 0 radical (unpaired) electrons. The van der Waals surface area contributed by atoms with E-state index in [-0.39, 0.29) is 23.6 Å². The van der Waals surface area contributed by atoms with Crippen molar-refractivity contribution < 1.29 is 27.8 Å². The minimum Gasteiger partial charge on any atom is -0.465 e. The van der Waals surface area contributed by atoms with Gasteiger partial charge < -0.3 is 24.4 Å². The van der Waals surface area contributed by atoms with E-state index in [4.69, 9.17) is 32.7 Å². The monoisotopic (exact) mass is 545 g/mol. The van der Waals surface area contributed by atoms with Crippen LogP contribution in [0.3, 0.4) is 0 Å². The van der Waals surface area contributed by atoms with Crippen LogP contribution in [0, 0.1) is 5.41 Å². The zero-order chi connectivity index (χ0) is 25.7. The van der Waals surface area contributed by atoms with Crippen LogP contribution in [0.15, 0.2) is 36.5 Å². The molecule has 3 saturated heterocycles. The van der Waals surface area contributed by atoms with Crippen molar-refractivity contribution in [2.24, 2.45) is 5.41 Å².